The van der Waals surface area contributed by atoms with Crippen LogP contribution in [-0.4, -0.2) is 29.6 Å². The van der Waals surface area contributed by atoms with Crippen LogP contribution in [0.25, 0.3) is 0 Å². The summed E-state index contributed by atoms with van der Waals surface area (Å²) in [7, 11) is 0. The Kier molecular flexibility index (Phi) is 9.62. The molecule has 0 spiro atoms. The van der Waals surface area contributed by atoms with E-state index < -0.39 is 11.5 Å². The van der Waals surface area contributed by atoms with Crippen LogP contribution >= 0.6 is 0 Å². The van der Waals surface area contributed by atoms with Gasteiger partial charge in [0.15, 0.2) is 5.78 Å². The Morgan fingerprint density at radius 1 is 1.21 bits per heavy atom. The van der Waals surface area contributed by atoms with E-state index in [-0.39, 0.29) is 24.8 Å². The van der Waals surface area contributed by atoms with E-state index in [1.54, 1.807) is 12.2 Å². The van der Waals surface area contributed by atoms with Crippen LogP contribution < -0.4 is 0 Å². The first kappa shape index (κ1) is 20.6. The molecule has 2 atom stereocenters. The number of esters is 1. The average Bonchev–Trinajstić information content (AvgIpc) is 2.56. The Balaban J connectivity index is 2.10. The molecule has 0 radical (unpaired) electrons. The second-order valence-corrected chi connectivity index (χ2v) is 6.87. The minimum Gasteiger partial charge on any atom is -0.466 e. The topological polar surface area (TPSA) is 63.6 Å². The highest BCUT2D eigenvalue weighted by Crippen LogP contribution is 2.27. The van der Waals surface area contributed by atoms with Crippen molar-refractivity contribution in [2.75, 3.05) is 6.61 Å². The molecule has 0 aromatic heterocycles. The Bertz CT molecular complexity index is 453. The van der Waals surface area contributed by atoms with Gasteiger partial charge in [0.1, 0.15) is 0 Å². The minimum absolute atomic E-state index is 0.0412. The lowest BCUT2D eigenvalue weighted by Crippen LogP contribution is -2.27. The van der Waals surface area contributed by atoms with Gasteiger partial charge in [-0.2, -0.15) is 0 Å². The quantitative estimate of drug-likeness (QED) is 0.430. The number of allylic oxidation sites excluding steroid dienone is 4. The molecule has 0 aliphatic heterocycles. The summed E-state index contributed by atoms with van der Waals surface area (Å²) in [5, 5.41) is 9.89. The molecule has 0 saturated heterocycles. The Morgan fingerprint density at radius 2 is 1.96 bits per heavy atom. The molecule has 2 unspecified atom stereocenters. The van der Waals surface area contributed by atoms with Crippen LogP contribution in [0.2, 0.25) is 0 Å². The summed E-state index contributed by atoms with van der Waals surface area (Å²) in [5.74, 6) is -0.258. The van der Waals surface area contributed by atoms with Crippen molar-refractivity contribution in [1.29, 1.82) is 0 Å². The molecule has 0 saturated carbocycles. The second-order valence-electron chi connectivity index (χ2n) is 6.87. The highest BCUT2D eigenvalue weighted by molar-refractivity contribution is 5.97. The number of hydrogen-bond donors (Lipinski definition) is 1. The van der Waals surface area contributed by atoms with E-state index in [0.717, 1.165) is 19.3 Å². The first-order chi connectivity index (χ1) is 11.5. The van der Waals surface area contributed by atoms with Crippen LogP contribution in [0.1, 0.15) is 71.6 Å². The predicted octanol–water partition coefficient (Wildman–Crippen LogP) is 4.12. The van der Waals surface area contributed by atoms with E-state index in [1.807, 2.05) is 19.1 Å². The number of hydrogen-bond acceptors (Lipinski definition) is 4. The number of carbonyl (C=O) groups is 2. The van der Waals surface area contributed by atoms with Gasteiger partial charge in [0.2, 0.25) is 0 Å². The van der Waals surface area contributed by atoms with Gasteiger partial charge in [-0.05, 0) is 32.3 Å². The van der Waals surface area contributed by atoms with E-state index in [2.05, 4.69) is 6.92 Å². The fourth-order valence-corrected chi connectivity index (χ4v) is 2.75. The van der Waals surface area contributed by atoms with Crippen molar-refractivity contribution in [2.24, 2.45) is 5.41 Å². The van der Waals surface area contributed by atoms with Gasteiger partial charge in [-0.15, -0.1) is 0 Å². The van der Waals surface area contributed by atoms with Gasteiger partial charge >= 0.3 is 5.97 Å². The van der Waals surface area contributed by atoms with Crippen molar-refractivity contribution in [1.82, 2.24) is 0 Å². The zero-order valence-electron chi connectivity index (χ0n) is 15.1. The molecule has 0 heterocycles. The zero-order valence-corrected chi connectivity index (χ0v) is 15.1. The largest absolute Gasteiger partial charge is 0.466 e. The highest BCUT2D eigenvalue weighted by Gasteiger charge is 2.29. The third-order valence-electron chi connectivity index (χ3n) is 4.59. The predicted molar refractivity (Wildman–Crippen MR) is 95.6 cm³/mol. The summed E-state index contributed by atoms with van der Waals surface area (Å²) in [5.41, 5.74) is -0.576. The Morgan fingerprint density at radius 3 is 2.67 bits per heavy atom. The fourth-order valence-electron chi connectivity index (χ4n) is 2.75. The molecule has 0 aromatic carbocycles. The van der Waals surface area contributed by atoms with Gasteiger partial charge < -0.3 is 9.84 Å². The highest BCUT2D eigenvalue weighted by atomic mass is 16.5. The lowest BCUT2D eigenvalue weighted by atomic mass is 9.80. The number of ketones is 1. The summed E-state index contributed by atoms with van der Waals surface area (Å²) < 4.78 is 5.21. The standard InChI is InChI=1S/C20H32O4/c1-3-4-5-6-7-10-17(21)12-13-19(23)24-16-15-20(2)14-9-8-11-18(20)22/h8-9,11,14,17,21H,3-7,10,12-13,15-16H2,1-2H3. The van der Waals surface area contributed by atoms with Gasteiger partial charge in [-0.25, -0.2) is 0 Å². The third kappa shape index (κ3) is 7.91. The van der Waals surface area contributed by atoms with E-state index in [1.165, 1.54) is 19.3 Å². The molecule has 4 nitrogen and oxygen atoms in total. The molecule has 4 heteroatoms. The fraction of sp³-hybridized carbons (Fsp3) is 0.700. The van der Waals surface area contributed by atoms with Crippen LogP contribution in [0.4, 0.5) is 0 Å². The Hall–Kier alpha value is -1.42. The van der Waals surface area contributed by atoms with Gasteiger partial charge in [0.05, 0.1) is 18.1 Å². The van der Waals surface area contributed by atoms with E-state index in [9.17, 15) is 14.7 Å². The number of aliphatic hydroxyl groups excluding tert-OH is 1. The van der Waals surface area contributed by atoms with Crippen molar-refractivity contribution in [3.05, 3.63) is 24.3 Å². The SMILES string of the molecule is CCCCCCCC(O)CCC(=O)OCCC1(C)C=CC=CC1=O. The smallest absolute Gasteiger partial charge is 0.305 e. The molecule has 1 rings (SSSR count). The van der Waals surface area contributed by atoms with Gasteiger partial charge in [-0.3, -0.25) is 9.59 Å². The summed E-state index contributed by atoms with van der Waals surface area (Å²) in [4.78, 5) is 23.6. The number of ether oxygens (including phenoxy) is 1. The lowest BCUT2D eigenvalue weighted by molar-refractivity contribution is -0.145. The van der Waals surface area contributed by atoms with Crippen molar-refractivity contribution in [3.8, 4) is 0 Å². The second kappa shape index (κ2) is 11.2. The summed E-state index contributed by atoms with van der Waals surface area (Å²) in [6.07, 6.45) is 14.3. The van der Waals surface area contributed by atoms with Crippen LogP contribution in [0, 0.1) is 5.41 Å². The van der Waals surface area contributed by atoms with Crippen LogP contribution in [0.3, 0.4) is 0 Å². The van der Waals surface area contributed by atoms with Gasteiger partial charge in [0.25, 0.3) is 0 Å². The molecular formula is C20H32O4. The van der Waals surface area contributed by atoms with Crippen molar-refractivity contribution in [2.45, 2.75) is 77.7 Å². The van der Waals surface area contributed by atoms with Crippen molar-refractivity contribution >= 4 is 11.8 Å². The van der Waals surface area contributed by atoms with Crippen LogP contribution in [-0.2, 0) is 14.3 Å². The van der Waals surface area contributed by atoms with E-state index in [0.29, 0.717) is 12.8 Å². The first-order valence-electron chi connectivity index (χ1n) is 9.22. The van der Waals surface area contributed by atoms with Crippen molar-refractivity contribution in [3.63, 3.8) is 0 Å². The summed E-state index contributed by atoms with van der Waals surface area (Å²) >= 11 is 0. The lowest BCUT2D eigenvalue weighted by Gasteiger charge is -2.24. The number of aliphatic hydroxyl groups is 1. The maximum atomic E-state index is 11.9. The van der Waals surface area contributed by atoms with Crippen LogP contribution in [0.15, 0.2) is 24.3 Å². The maximum Gasteiger partial charge on any atom is 0.305 e. The van der Waals surface area contributed by atoms with Gasteiger partial charge in [0, 0.05) is 6.42 Å². The number of carbonyl (C=O) groups excluding carboxylic acids is 2. The number of rotatable bonds is 12. The minimum atomic E-state index is -0.576. The molecule has 0 bridgehead atoms. The normalized spacial score (nSPS) is 21.0. The molecular weight excluding hydrogens is 304 g/mol. The number of unbranched alkanes of at least 4 members (excludes halogenated alkanes) is 4. The van der Waals surface area contributed by atoms with Crippen molar-refractivity contribution < 1.29 is 19.4 Å². The zero-order chi connectivity index (χ0) is 17.8. The maximum absolute atomic E-state index is 11.9. The van der Waals surface area contributed by atoms with E-state index in [4.69, 9.17) is 4.74 Å². The molecule has 1 aliphatic rings. The molecule has 0 aromatic rings. The molecule has 1 N–H and O–H groups in total. The molecule has 0 fully saturated rings. The summed E-state index contributed by atoms with van der Waals surface area (Å²) in [6, 6.07) is 0. The summed E-state index contributed by atoms with van der Waals surface area (Å²) in [6.45, 7) is 4.26. The monoisotopic (exact) mass is 336 g/mol. The third-order valence-corrected chi connectivity index (χ3v) is 4.59. The molecule has 0 amide bonds. The first-order valence-corrected chi connectivity index (χ1v) is 9.22. The Labute approximate surface area is 146 Å². The van der Waals surface area contributed by atoms with Crippen LogP contribution in [0.5, 0.6) is 0 Å². The van der Waals surface area contributed by atoms with Gasteiger partial charge in [-0.1, -0.05) is 57.3 Å². The van der Waals surface area contributed by atoms with E-state index >= 15 is 0 Å². The molecule has 1 aliphatic carbocycles. The average molecular weight is 336 g/mol. The molecule has 24 heavy (non-hydrogen) atoms. The molecule has 136 valence electrons.